The number of benzene rings is 1. The molecule has 140 valence electrons. The number of carboxylic acid groups (broad SMARTS) is 1. The molecule has 2 aromatic heterocycles. The summed E-state index contributed by atoms with van der Waals surface area (Å²) in [5.74, 6) is -2.83. The van der Waals surface area contributed by atoms with Gasteiger partial charge in [-0.15, -0.1) is 0 Å². The van der Waals surface area contributed by atoms with Crippen molar-refractivity contribution in [2.45, 2.75) is 0 Å². The lowest BCUT2D eigenvalue weighted by Crippen LogP contribution is -2.20. The van der Waals surface area contributed by atoms with E-state index in [1.165, 1.54) is 42.3 Å². The number of aromatic amines is 1. The molecule has 28 heavy (non-hydrogen) atoms. The summed E-state index contributed by atoms with van der Waals surface area (Å²) in [4.78, 5) is 32.9. The van der Waals surface area contributed by atoms with E-state index in [9.17, 15) is 19.1 Å². The maximum atomic E-state index is 13.2. The maximum absolute atomic E-state index is 13.2. The average molecular weight is 379 g/mol. The first-order valence-corrected chi connectivity index (χ1v) is 8.29. The number of ether oxygens (including phenoxy) is 1. The Kier molecular flexibility index (Phi) is 4.15. The highest BCUT2D eigenvalue weighted by atomic mass is 19.1. The first-order valence-electron chi connectivity index (χ1n) is 8.29. The van der Waals surface area contributed by atoms with Crippen molar-refractivity contribution in [2.24, 2.45) is 0 Å². The normalized spacial score (nSPS) is 15.4. The Morgan fingerprint density at radius 2 is 2.04 bits per heavy atom. The van der Waals surface area contributed by atoms with E-state index < -0.39 is 23.1 Å². The Morgan fingerprint density at radius 1 is 1.29 bits per heavy atom. The van der Waals surface area contributed by atoms with Crippen molar-refractivity contribution >= 4 is 34.5 Å². The average Bonchev–Trinajstić information content (AvgIpc) is 3.24. The molecule has 7 nitrogen and oxygen atoms in total. The van der Waals surface area contributed by atoms with Crippen molar-refractivity contribution in [1.29, 1.82) is 0 Å². The lowest BCUT2D eigenvalue weighted by atomic mass is 10.1. The molecule has 0 radical (unpaired) electrons. The van der Waals surface area contributed by atoms with Gasteiger partial charge in [0.25, 0.3) is 0 Å². The van der Waals surface area contributed by atoms with Gasteiger partial charge in [-0.25, -0.2) is 14.2 Å². The minimum absolute atomic E-state index is 0.119. The predicted octanol–water partition coefficient (Wildman–Crippen LogP) is 3.07. The number of allylic oxidation sites excluding steroid dienone is 1. The third kappa shape index (κ3) is 2.90. The lowest BCUT2D eigenvalue weighted by molar-refractivity contribution is -0.134. The number of ketones is 1. The number of aliphatic carboxylic acids is 1. The molecule has 1 aliphatic heterocycles. The van der Waals surface area contributed by atoms with Crippen LogP contribution >= 0.6 is 0 Å². The number of rotatable bonds is 4. The van der Waals surface area contributed by atoms with Crippen LogP contribution in [0.3, 0.4) is 0 Å². The molecule has 0 unspecified atom stereocenters. The zero-order valence-corrected chi connectivity index (χ0v) is 14.6. The summed E-state index contributed by atoms with van der Waals surface area (Å²) in [6.07, 6.45) is 4.76. The molecule has 0 amide bonds. The van der Waals surface area contributed by atoms with Crippen LogP contribution in [0.1, 0.15) is 5.56 Å². The van der Waals surface area contributed by atoms with Gasteiger partial charge in [0.05, 0.1) is 0 Å². The van der Waals surface area contributed by atoms with E-state index in [4.69, 9.17) is 4.74 Å². The van der Waals surface area contributed by atoms with Crippen molar-refractivity contribution in [3.05, 3.63) is 77.4 Å². The van der Waals surface area contributed by atoms with E-state index in [1.807, 2.05) is 6.07 Å². The molecule has 8 heteroatoms. The second kappa shape index (κ2) is 6.66. The highest BCUT2D eigenvalue weighted by Crippen LogP contribution is 2.32. The molecule has 1 aliphatic rings. The number of carbonyl (C=O) groups excluding carboxylic acids is 1. The van der Waals surface area contributed by atoms with Crippen LogP contribution in [0.15, 0.2) is 66.0 Å². The first-order chi connectivity index (χ1) is 13.5. The molecular weight excluding hydrogens is 365 g/mol. The van der Waals surface area contributed by atoms with Crippen LogP contribution in [-0.2, 0) is 14.3 Å². The van der Waals surface area contributed by atoms with Gasteiger partial charge in [0.1, 0.15) is 11.5 Å². The number of anilines is 1. The van der Waals surface area contributed by atoms with Gasteiger partial charge in [-0.05, 0) is 42.5 Å². The SMILES string of the molecule is CN(C1=C(C(=O)O)C(=O)C(=Cc2c[nH]c3ncccc23)O1)c1ccc(F)cc1. The molecule has 0 saturated heterocycles. The van der Waals surface area contributed by atoms with E-state index in [-0.39, 0.29) is 11.6 Å². The first kappa shape index (κ1) is 17.5. The number of halogens is 1. The highest BCUT2D eigenvalue weighted by molar-refractivity contribution is 6.26. The quantitative estimate of drug-likeness (QED) is 0.534. The van der Waals surface area contributed by atoms with Gasteiger partial charge in [0.15, 0.2) is 11.3 Å². The summed E-state index contributed by atoms with van der Waals surface area (Å²) in [5, 5.41) is 10.3. The van der Waals surface area contributed by atoms with Crippen LogP contribution < -0.4 is 4.90 Å². The number of nitrogens with one attached hydrogen (secondary N) is 1. The second-order valence-corrected chi connectivity index (χ2v) is 6.10. The van der Waals surface area contributed by atoms with Crippen LogP contribution in [0, 0.1) is 5.82 Å². The van der Waals surface area contributed by atoms with Gasteiger partial charge >= 0.3 is 5.97 Å². The fourth-order valence-corrected chi connectivity index (χ4v) is 2.96. The Morgan fingerprint density at radius 3 is 2.75 bits per heavy atom. The van der Waals surface area contributed by atoms with Gasteiger partial charge in [0.2, 0.25) is 11.7 Å². The molecule has 0 bridgehead atoms. The predicted molar refractivity (Wildman–Crippen MR) is 99.6 cm³/mol. The van der Waals surface area contributed by atoms with Gasteiger partial charge in [-0.1, -0.05) is 0 Å². The molecule has 0 spiro atoms. The third-order valence-electron chi connectivity index (χ3n) is 4.37. The number of carboxylic acids is 1. The summed E-state index contributed by atoms with van der Waals surface area (Å²) in [6.45, 7) is 0. The highest BCUT2D eigenvalue weighted by Gasteiger charge is 2.38. The van der Waals surface area contributed by atoms with Gasteiger partial charge in [-0.3, -0.25) is 4.79 Å². The van der Waals surface area contributed by atoms with Crippen molar-refractivity contribution in [3.8, 4) is 0 Å². The lowest BCUT2D eigenvalue weighted by Gasteiger charge is -2.20. The van der Waals surface area contributed by atoms with Crippen molar-refractivity contribution in [2.75, 3.05) is 11.9 Å². The second-order valence-electron chi connectivity index (χ2n) is 6.10. The summed E-state index contributed by atoms with van der Waals surface area (Å²) in [6, 6.07) is 8.97. The summed E-state index contributed by atoms with van der Waals surface area (Å²) < 4.78 is 18.8. The number of hydrogen-bond acceptors (Lipinski definition) is 5. The van der Waals surface area contributed by atoms with E-state index in [0.717, 1.165) is 5.39 Å². The van der Waals surface area contributed by atoms with E-state index in [2.05, 4.69) is 9.97 Å². The fraction of sp³-hybridized carbons (Fsp3) is 0.0500. The Hall–Kier alpha value is -3.94. The minimum Gasteiger partial charge on any atom is -0.477 e. The van der Waals surface area contributed by atoms with Crippen LogP contribution in [0.2, 0.25) is 0 Å². The Labute approximate surface area is 158 Å². The number of aromatic nitrogens is 2. The van der Waals surface area contributed by atoms with E-state index in [1.54, 1.807) is 18.5 Å². The molecular formula is C20H14FN3O4. The van der Waals surface area contributed by atoms with E-state index in [0.29, 0.717) is 16.9 Å². The van der Waals surface area contributed by atoms with Crippen LogP contribution in [-0.4, -0.2) is 33.9 Å². The van der Waals surface area contributed by atoms with Crippen molar-refractivity contribution < 1.29 is 23.8 Å². The largest absolute Gasteiger partial charge is 0.477 e. The Balaban J connectivity index is 1.73. The van der Waals surface area contributed by atoms with Gasteiger partial charge in [0, 0.05) is 36.1 Å². The van der Waals surface area contributed by atoms with Crippen LogP contribution in [0.25, 0.3) is 17.1 Å². The smallest absolute Gasteiger partial charge is 0.345 e. The maximum Gasteiger partial charge on any atom is 0.345 e. The molecule has 0 fully saturated rings. The number of Topliss-reactive ketones (excluding diaryl/α,β-unsaturated/α-hetero) is 1. The number of H-pyrrole nitrogens is 1. The summed E-state index contributed by atoms with van der Waals surface area (Å²) in [5.41, 5.74) is 1.26. The zero-order chi connectivity index (χ0) is 19.8. The van der Waals surface area contributed by atoms with Crippen LogP contribution in [0.5, 0.6) is 0 Å². The number of nitrogens with zero attached hydrogens (tertiary/aromatic N) is 2. The Bertz CT molecular complexity index is 1160. The summed E-state index contributed by atoms with van der Waals surface area (Å²) >= 11 is 0. The molecule has 1 aromatic carbocycles. The third-order valence-corrected chi connectivity index (χ3v) is 4.37. The molecule has 3 heterocycles. The van der Waals surface area contributed by atoms with Gasteiger partial charge in [-0.2, -0.15) is 0 Å². The fourth-order valence-electron chi connectivity index (χ4n) is 2.96. The number of hydrogen-bond donors (Lipinski definition) is 2. The van der Waals surface area contributed by atoms with Gasteiger partial charge < -0.3 is 19.7 Å². The van der Waals surface area contributed by atoms with Crippen molar-refractivity contribution in [3.63, 3.8) is 0 Å². The zero-order valence-electron chi connectivity index (χ0n) is 14.6. The van der Waals surface area contributed by atoms with Crippen molar-refractivity contribution in [1.82, 2.24) is 9.97 Å². The molecule has 0 saturated carbocycles. The molecule has 3 aromatic rings. The molecule has 0 atom stereocenters. The monoisotopic (exact) mass is 379 g/mol. The molecule has 4 rings (SSSR count). The van der Waals surface area contributed by atoms with Crippen LogP contribution in [0.4, 0.5) is 10.1 Å². The number of pyridine rings is 1. The standard InChI is InChI=1S/C20H14FN3O4/c1-24(13-6-4-12(21)5-7-13)19-16(20(26)27)17(25)15(28-19)9-11-10-23-18-14(11)3-2-8-22-18/h2-10H,1H3,(H,22,23)(H,26,27). The minimum atomic E-state index is -1.40. The number of fused-ring (bicyclic) bond motifs is 1. The molecule has 0 aliphatic carbocycles. The topological polar surface area (TPSA) is 95.5 Å². The number of carbonyl (C=O) groups is 2. The van der Waals surface area contributed by atoms with E-state index >= 15 is 0 Å². The molecule has 2 N–H and O–H groups in total. The summed E-state index contributed by atoms with van der Waals surface area (Å²) in [7, 11) is 1.54.